The summed E-state index contributed by atoms with van der Waals surface area (Å²) in [7, 11) is 1.48. The van der Waals surface area contributed by atoms with Crippen molar-refractivity contribution in [1.29, 1.82) is 0 Å². The van der Waals surface area contributed by atoms with Crippen LogP contribution in [0.4, 0.5) is 18.9 Å². The molecule has 3 aromatic rings. The quantitative estimate of drug-likeness (QED) is 0.561. The lowest BCUT2D eigenvalue weighted by atomic mass is 10.1. The van der Waals surface area contributed by atoms with Crippen LogP contribution in [0.3, 0.4) is 0 Å². The van der Waals surface area contributed by atoms with Gasteiger partial charge in [0.1, 0.15) is 22.8 Å². The average Bonchev–Trinajstić information content (AvgIpc) is 3.09. The van der Waals surface area contributed by atoms with E-state index < -0.39 is 17.6 Å². The number of carbonyl (C=O) groups excluding carboxylic acids is 1. The highest BCUT2D eigenvalue weighted by atomic mass is 19.4. The van der Waals surface area contributed by atoms with E-state index >= 15 is 0 Å². The Morgan fingerprint density at radius 1 is 1.17 bits per heavy atom. The topological polar surface area (TPSA) is 73.6 Å². The Morgan fingerprint density at radius 2 is 1.90 bits per heavy atom. The lowest BCUT2D eigenvalue weighted by Gasteiger charge is -2.15. The normalized spacial score (nSPS) is 11.3. The minimum Gasteiger partial charge on any atom is -0.497 e. The molecule has 1 aromatic heterocycles. The van der Waals surface area contributed by atoms with Crippen molar-refractivity contribution in [3.63, 3.8) is 0 Å². The van der Waals surface area contributed by atoms with Crippen LogP contribution in [0.15, 0.2) is 47.0 Å². The molecule has 1 heterocycles. The summed E-state index contributed by atoms with van der Waals surface area (Å²) >= 11 is 0. The molecule has 0 aliphatic rings. The zero-order chi connectivity index (χ0) is 21.9. The van der Waals surface area contributed by atoms with Gasteiger partial charge in [0.25, 0.3) is 5.91 Å². The number of hydrogen-bond donors (Lipinski definition) is 1. The molecule has 0 aliphatic carbocycles. The molecule has 0 radical (unpaired) electrons. The number of rotatable bonds is 6. The smallest absolute Gasteiger partial charge is 0.416 e. The monoisotopic (exact) mass is 420 g/mol. The molecule has 0 saturated heterocycles. The summed E-state index contributed by atoms with van der Waals surface area (Å²) in [5.74, 6) is 0.515. The van der Waals surface area contributed by atoms with Gasteiger partial charge in [-0.25, -0.2) is 0 Å². The number of aromatic nitrogens is 1. The number of methoxy groups -OCH3 is 1. The van der Waals surface area contributed by atoms with Gasteiger partial charge >= 0.3 is 6.18 Å². The Kier molecular flexibility index (Phi) is 6.00. The molecular formula is C21H19F3N2O4. The molecular weight excluding hydrogens is 401 g/mol. The van der Waals surface area contributed by atoms with E-state index in [1.165, 1.54) is 7.11 Å². The molecule has 0 spiro atoms. The van der Waals surface area contributed by atoms with Gasteiger partial charge in [-0.2, -0.15) is 13.2 Å². The summed E-state index contributed by atoms with van der Waals surface area (Å²) in [6.45, 7) is 3.34. The Bertz CT molecular complexity index is 1060. The summed E-state index contributed by atoms with van der Waals surface area (Å²) in [4.78, 5) is 12.8. The lowest BCUT2D eigenvalue weighted by Crippen LogP contribution is -2.16. The van der Waals surface area contributed by atoms with Crippen molar-refractivity contribution < 1.29 is 32.0 Å². The van der Waals surface area contributed by atoms with E-state index in [-0.39, 0.29) is 22.8 Å². The molecule has 0 atom stereocenters. The highest BCUT2D eigenvalue weighted by molar-refractivity contribution is 6.06. The third-order valence-electron chi connectivity index (χ3n) is 4.32. The molecule has 0 aliphatic heterocycles. The van der Waals surface area contributed by atoms with Crippen molar-refractivity contribution in [1.82, 2.24) is 5.16 Å². The van der Waals surface area contributed by atoms with Gasteiger partial charge in [-0.15, -0.1) is 0 Å². The van der Waals surface area contributed by atoms with E-state index in [4.69, 9.17) is 14.0 Å². The number of nitrogens with zero attached hydrogens (tertiary/aromatic N) is 1. The highest BCUT2D eigenvalue weighted by Crippen LogP contribution is 2.37. The number of nitrogens with one attached hydrogen (secondary N) is 1. The lowest BCUT2D eigenvalue weighted by molar-refractivity contribution is -0.137. The molecule has 3 rings (SSSR count). The average molecular weight is 420 g/mol. The van der Waals surface area contributed by atoms with E-state index in [0.717, 1.165) is 18.2 Å². The van der Waals surface area contributed by atoms with E-state index in [1.807, 2.05) is 0 Å². The number of ether oxygens (including phenoxy) is 2. The fraction of sp³-hybridized carbons (Fsp3) is 0.238. The molecule has 9 heteroatoms. The van der Waals surface area contributed by atoms with Crippen LogP contribution < -0.4 is 14.8 Å². The van der Waals surface area contributed by atoms with E-state index in [2.05, 4.69) is 10.5 Å². The van der Waals surface area contributed by atoms with Gasteiger partial charge in [0.05, 0.1) is 24.1 Å². The van der Waals surface area contributed by atoms with Crippen LogP contribution in [0.2, 0.25) is 0 Å². The van der Waals surface area contributed by atoms with Gasteiger partial charge in [0.2, 0.25) is 0 Å². The van der Waals surface area contributed by atoms with Crippen LogP contribution >= 0.6 is 0 Å². The second-order valence-electron chi connectivity index (χ2n) is 6.36. The fourth-order valence-corrected chi connectivity index (χ4v) is 2.82. The summed E-state index contributed by atoms with van der Waals surface area (Å²) in [6.07, 6.45) is -4.16. The van der Waals surface area contributed by atoms with Crippen molar-refractivity contribution >= 4 is 11.6 Å². The summed E-state index contributed by atoms with van der Waals surface area (Å²) in [5.41, 5.74) is -0.469. The molecule has 0 bridgehead atoms. The second-order valence-corrected chi connectivity index (χ2v) is 6.36. The van der Waals surface area contributed by atoms with Crippen LogP contribution in [-0.4, -0.2) is 18.2 Å². The van der Waals surface area contributed by atoms with Gasteiger partial charge < -0.3 is 19.3 Å². The third kappa shape index (κ3) is 4.56. The number of hydrogen-bond acceptors (Lipinski definition) is 5. The number of benzene rings is 2. The minimum absolute atomic E-state index is 0.0387. The summed E-state index contributed by atoms with van der Waals surface area (Å²) in [6, 6.07) is 9.41. The summed E-state index contributed by atoms with van der Waals surface area (Å²) in [5, 5.41) is 6.30. The molecule has 1 amide bonds. The largest absolute Gasteiger partial charge is 0.497 e. The number of anilines is 1. The predicted molar refractivity (Wildman–Crippen MR) is 103 cm³/mol. The molecule has 30 heavy (non-hydrogen) atoms. The van der Waals surface area contributed by atoms with Crippen molar-refractivity contribution in [2.24, 2.45) is 0 Å². The first-order valence-electron chi connectivity index (χ1n) is 9.02. The first-order chi connectivity index (χ1) is 14.2. The summed E-state index contributed by atoms with van der Waals surface area (Å²) < 4.78 is 55.6. The maximum absolute atomic E-state index is 13.2. The molecule has 0 unspecified atom stereocenters. The molecule has 6 nitrogen and oxygen atoms in total. The van der Waals surface area contributed by atoms with Crippen molar-refractivity contribution in [3.8, 4) is 17.2 Å². The Morgan fingerprint density at radius 3 is 2.57 bits per heavy atom. The van der Waals surface area contributed by atoms with Crippen LogP contribution in [0.5, 0.6) is 17.2 Å². The zero-order valence-electron chi connectivity index (χ0n) is 16.5. The standard InChI is InChI=1S/C21H19F3N2O4/c1-4-16-19(12(2)30-26-16)20(27)25-17-10-13(21(22,23)24)8-9-18(17)29-15-7-5-6-14(11-15)28-3/h5-11H,4H2,1-3H3,(H,25,27). The zero-order valence-corrected chi connectivity index (χ0v) is 16.5. The SMILES string of the molecule is CCc1noc(C)c1C(=O)Nc1cc(C(F)(F)F)ccc1Oc1cccc(OC)c1. The van der Waals surface area contributed by atoms with Crippen molar-refractivity contribution in [2.75, 3.05) is 12.4 Å². The molecule has 0 fully saturated rings. The van der Waals surface area contributed by atoms with Gasteiger partial charge in [0, 0.05) is 6.07 Å². The van der Waals surface area contributed by atoms with E-state index in [0.29, 0.717) is 23.6 Å². The number of carbonyl (C=O) groups is 1. The van der Waals surface area contributed by atoms with E-state index in [9.17, 15) is 18.0 Å². The van der Waals surface area contributed by atoms with Gasteiger partial charge in [0.15, 0.2) is 5.75 Å². The highest BCUT2D eigenvalue weighted by Gasteiger charge is 2.32. The number of halogens is 3. The van der Waals surface area contributed by atoms with Gasteiger partial charge in [-0.05, 0) is 43.7 Å². The maximum Gasteiger partial charge on any atom is 0.416 e. The maximum atomic E-state index is 13.2. The predicted octanol–water partition coefficient (Wildman–Crippen LogP) is 5.62. The van der Waals surface area contributed by atoms with Crippen LogP contribution in [0.25, 0.3) is 0 Å². The number of alkyl halides is 3. The molecule has 2 aromatic carbocycles. The van der Waals surface area contributed by atoms with Crippen molar-refractivity contribution in [2.45, 2.75) is 26.4 Å². The number of aryl methyl sites for hydroxylation is 2. The molecule has 158 valence electrons. The Labute approximate surface area is 170 Å². The van der Waals surface area contributed by atoms with E-state index in [1.54, 1.807) is 38.1 Å². The number of amides is 1. The first kappa shape index (κ1) is 21.2. The first-order valence-corrected chi connectivity index (χ1v) is 9.02. The van der Waals surface area contributed by atoms with Gasteiger partial charge in [-0.3, -0.25) is 4.79 Å². The third-order valence-corrected chi connectivity index (χ3v) is 4.32. The van der Waals surface area contributed by atoms with Crippen molar-refractivity contribution in [3.05, 3.63) is 65.0 Å². The van der Waals surface area contributed by atoms with Crippen LogP contribution in [0, 0.1) is 6.92 Å². The molecule has 0 saturated carbocycles. The fourth-order valence-electron chi connectivity index (χ4n) is 2.82. The van der Waals surface area contributed by atoms with Crippen LogP contribution in [0.1, 0.15) is 34.3 Å². The minimum atomic E-state index is -4.59. The Hall–Kier alpha value is -3.49. The molecule has 1 N–H and O–H groups in total. The Balaban J connectivity index is 1.99. The van der Waals surface area contributed by atoms with Gasteiger partial charge in [-0.1, -0.05) is 18.1 Å². The second kappa shape index (κ2) is 8.48. The van der Waals surface area contributed by atoms with Crippen LogP contribution in [-0.2, 0) is 12.6 Å².